The molecule has 8 heteroatoms. The Hall–Kier alpha value is -2.38. The second-order valence-electron chi connectivity index (χ2n) is 5.02. The first-order valence-corrected chi connectivity index (χ1v) is 7.13. The summed E-state index contributed by atoms with van der Waals surface area (Å²) in [6, 6.07) is 3.44. The molecule has 1 amide bonds. The molecule has 1 heterocycles. The molecule has 120 valence electrons. The van der Waals surface area contributed by atoms with Gasteiger partial charge in [0.1, 0.15) is 11.5 Å². The van der Waals surface area contributed by atoms with Gasteiger partial charge in [0.2, 0.25) is 0 Å². The molecule has 0 radical (unpaired) electrons. The minimum Gasteiger partial charge on any atom is -0.450 e. The molecule has 0 unspecified atom stereocenters. The van der Waals surface area contributed by atoms with Gasteiger partial charge in [-0.25, -0.2) is 9.18 Å². The highest BCUT2D eigenvalue weighted by atomic mass is 19.1. The van der Waals surface area contributed by atoms with Crippen LogP contribution in [0, 0.1) is 15.9 Å². The van der Waals surface area contributed by atoms with Crippen molar-refractivity contribution in [1.29, 1.82) is 0 Å². The molecule has 0 aromatic heterocycles. The fourth-order valence-electron chi connectivity index (χ4n) is 2.42. The number of piperidine rings is 1. The zero-order valence-electron chi connectivity index (χ0n) is 12.3. The number of carbonyl (C=O) groups excluding carboxylic acids is 1. The number of nitrogens with zero attached hydrogens (tertiary/aromatic N) is 2. The lowest BCUT2D eigenvalue weighted by molar-refractivity contribution is -0.384. The van der Waals surface area contributed by atoms with Gasteiger partial charge in [-0.1, -0.05) is 0 Å². The van der Waals surface area contributed by atoms with Gasteiger partial charge in [0, 0.05) is 19.1 Å². The number of rotatable bonds is 4. The molecule has 0 saturated carbocycles. The lowest BCUT2D eigenvalue weighted by atomic mass is 10.0. The maximum Gasteiger partial charge on any atom is 0.409 e. The van der Waals surface area contributed by atoms with E-state index in [-0.39, 0.29) is 17.8 Å². The summed E-state index contributed by atoms with van der Waals surface area (Å²) in [4.78, 5) is 23.6. The van der Waals surface area contributed by atoms with Gasteiger partial charge in [-0.15, -0.1) is 0 Å². The molecule has 22 heavy (non-hydrogen) atoms. The number of likely N-dealkylation sites (tertiary alicyclic amines) is 1. The number of nitro benzene ring substituents is 1. The molecule has 1 aromatic carbocycles. The Morgan fingerprint density at radius 2 is 2.18 bits per heavy atom. The van der Waals surface area contributed by atoms with Crippen LogP contribution in [0.25, 0.3) is 0 Å². The number of carbonyl (C=O) groups is 1. The van der Waals surface area contributed by atoms with Crippen molar-refractivity contribution in [3.63, 3.8) is 0 Å². The first-order valence-electron chi connectivity index (χ1n) is 7.13. The first-order chi connectivity index (χ1) is 10.5. The van der Waals surface area contributed by atoms with Gasteiger partial charge in [0.25, 0.3) is 5.69 Å². The van der Waals surface area contributed by atoms with Crippen LogP contribution >= 0.6 is 0 Å². The second-order valence-corrected chi connectivity index (χ2v) is 5.02. The average Bonchev–Trinajstić information content (AvgIpc) is 2.50. The molecule has 1 saturated heterocycles. The molecule has 0 aliphatic carbocycles. The predicted octanol–water partition coefficient (Wildman–Crippen LogP) is 2.77. The number of nitrogens with one attached hydrogen (secondary N) is 1. The monoisotopic (exact) mass is 311 g/mol. The van der Waals surface area contributed by atoms with E-state index in [2.05, 4.69) is 5.32 Å². The Morgan fingerprint density at radius 1 is 1.50 bits per heavy atom. The fraction of sp³-hybridized carbons (Fsp3) is 0.500. The molecule has 0 spiro atoms. The first kappa shape index (κ1) is 16.0. The Kier molecular flexibility index (Phi) is 5.13. The second kappa shape index (κ2) is 7.06. The fourth-order valence-corrected chi connectivity index (χ4v) is 2.42. The van der Waals surface area contributed by atoms with Crippen LogP contribution in [0.15, 0.2) is 18.2 Å². The summed E-state index contributed by atoms with van der Waals surface area (Å²) in [5.74, 6) is -0.644. The number of benzene rings is 1. The summed E-state index contributed by atoms with van der Waals surface area (Å²) in [6.07, 6.45) is 0.953. The molecule has 1 N–H and O–H groups in total. The van der Waals surface area contributed by atoms with E-state index in [9.17, 15) is 19.3 Å². The van der Waals surface area contributed by atoms with Crippen LogP contribution in [0.5, 0.6) is 0 Å². The van der Waals surface area contributed by atoms with E-state index < -0.39 is 10.7 Å². The minimum absolute atomic E-state index is 0.00478. The van der Waals surface area contributed by atoms with Crippen molar-refractivity contribution in [2.75, 3.05) is 25.0 Å². The maximum atomic E-state index is 13.1. The quantitative estimate of drug-likeness (QED) is 0.682. The van der Waals surface area contributed by atoms with Crippen LogP contribution in [0.1, 0.15) is 19.8 Å². The standard InChI is InChI=1S/C14H18FN3O4/c1-2-22-14(19)17-7-5-11(6-8-17)16-12-4-3-10(15)9-13(12)18(20)21/h3-4,9,11,16H,2,5-8H2,1H3. The van der Waals surface area contributed by atoms with E-state index in [0.717, 1.165) is 6.07 Å². The third kappa shape index (κ3) is 3.84. The molecule has 0 bridgehead atoms. The van der Waals surface area contributed by atoms with Gasteiger partial charge in [-0.05, 0) is 31.9 Å². The normalized spacial score (nSPS) is 15.5. The van der Waals surface area contributed by atoms with Crippen molar-refractivity contribution < 1.29 is 18.8 Å². The Bertz CT molecular complexity index is 559. The van der Waals surface area contributed by atoms with Crippen LogP contribution in [0.4, 0.5) is 20.6 Å². The molecular formula is C14H18FN3O4. The Balaban J connectivity index is 1.96. The van der Waals surface area contributed by atoms with E-state index in [1.54, 1.807) is 11.8 Å². The van der Waals surface area contributed by atoms with Crippen molar-refractivity contribution >= 4 is 17.5 Å². The van der Waals surface area contributed by atoms with Gasteiger partial charge in [0.15, 0.2) is 0 Å². The van der Waals surface area contributed by atoms with E-state index in [0.29, 0.717) is 38.2 Å². The van der Waals surface area contributed by atoms with Crippen LogP contribution < -0.4 is 5.32 Å². The number of amides is 1. The van der Waals surface area contributed by atoms with Crippen molar-refractivity contribution in [3.8, 4) is 0 Å². The summed E-state index contributed by atoms with van der Waals surface area (Å²) in [5, 5.41) is 14.0. The largest absolute Gasteiger partial charge is 0.450 e. The van der Waals surface area contributed by atoms with Gasteiger partial charge >= 0.3 is 6.09 Å². The van der Waals surface area contributed by atoms with Gasteiger partial charge in [-0.3, -0.25) is 10.1 Å². The molecular weight excluding hydrogens is 293 g/mol. The van der Waals surface area contributed by atoms with Gasteiger partial charge in [-0.2, -0.15) is 0 Å². The number of anilines is 1. The average molecular weight is 311 g/mol. The summed E-state index contributed by atoms with van der Waals surface area (Å²) < 4.78 is 18.0. The van der Waals surface area contributed by atoms with Gasteiger partial charge < -0.3 is 15.0 Å². The minimum atomic E-state index is -0.644. The number of nitro groups is 1. The molecule has 7 nitrogen and oxygen atoms in total. The molecule has 1 aliphatic heterocycles. The highest BCUT2D eigenvalue weighted by Crippen LogP contribution is 2.27. The number of hydrogen-bond donors (Lipinski definition) is 1. The topological polar surface area (TPSA) is 84.7 Å². The number of hydrogen-bond acceptors (Lipinski definition) is 5. The zero-order valence-corrected chi connectivity index (χ0v) is 12.3. The van der Waals surface area contributed by atoms with Gasteiger partial charge in [0.05, 0.1) is 17.6 Å². The summed E-state index contributed by atoms with van der Waals surface area (Å²) in [5.41, 5.74) is 0.00815. The van der Waals surface area contributed by atoms with Crippen molar-refractivity contribution in [2.24, 2.45) is 0 Å². The maximum absolute atomic E-state index is 13.1. The summed E-state index contributed by atoms with van der Waals surface area (Å²) in [7, 11) is 0. The summed E-state index contributed by atoms with van der Waals surface area (Å²) in [6.45, 7) is 3.12. The van der Waals surface area contributed by atoms with E-state index >= 15 is 0 Å². The third-order valence-corrected chi connectivity index (χ3v) is 3.54. The van der Waals surface area contributed by atoms with Crippen LogP contribution in [0.3, 0.4) is 0 Å². The number of ether oxygens (including phenoxy) is 1. The molecule has 1 aromatic rings. The van der Waals surface area contributed by atoms with Crippen LogP contribution in [-0.4, -0.2) is 41.7 Å². The SMILES string of the molecule is CCOC(=O)N1CCC(Nc2ccc(F)cc2[N+](=O)[O-])CC1. The van der Waals surface area contributed by atoms with Crippen molar-refractivity contribution in [3.05, 3.63) is 34.1 Å². The Labute approximate surface area is 127 Å². The molecule has 1 aliphatic rings. The van der Waals surface area contributed by atoms with E-state index in [4.69, 9.17) is 4.74 Å². The Morgan fingerprint density at radius 3 is 2.77 bits per heavy atom. The van der Waals surface area contributed by atoms with Crippen LogP contribution in [-0.2, 0) is 4.74 Å². The highest BCUT2D eigenvalue weighted by Gasteiger charge is 2.25. The van der Waals surface area contributed by atoms with Crippen LogP contribution in [0.2, 0.25) is 0 Å². The molecule has 0 atom stereocenters. The highest BCUT2D eigenvalue weighted by molar-refractivity contribution is 5.68. The lowest BCUT2D eigenvalue weighted by Crippen LogP contribution is -2.42. The lowest BCUT2D eigenvalue weighted by Gasteiger charge is -2.32. The van der Waals surface area contributed by atoms with E-state index in [1.807, 2.05) is 0 Å². The molecule has 2 rings (SSSR count). The zero-order chi connectivity index (χ0) is 16.1. The summed E-state index contributed by atoms with van der Waals surface area (Å²) >= 11 is 0. The third-order valence-electron chi connectivity index (χ3n) is 3.54. The van der Waals surface area contributed by atoms with Crippen molar-refractivity contribution in [1.82, 2.24) is 4.90 Å². The smallest absolute Gasteiger partial charge is 0.409 e. The van der Waals surface area contributed by atoms with Crippen molar-refractivity contribution in [2.45, 2.75) is 25.8 Å². The molecule has 1 fully saturated rings. The van der Waals surface area contributed by atoms with E-state index in [1.165, 1.54) is 12.1 Å². The number of halogens is 1. The predicted molar refractivity (Wildman–Crippen MR) is 78.3 cm³/mol.